The van der Waals surface area contributed by atoms with Gasteiger partial charge in [0, 0.05) is 5.56 Å². The second-order valence-electron chi connectivity index (χ2n) is 3.58. The number of hydrogen-bond acceptors (Lipinski definition) is 3. The fourth-order valence-electron chi connectivity index (χ4n) is 1.32. The van der Waals surface area contributed by atoms with Crippen LogP contribution in [-0.4, -0.2) is 21.1 Å². The molecule has 17 heavy (non-hydrogen) atoms. The van der Waals surface area contributed by atoms with Gasteiger partial charge >= 0.3 is 0 Å². The fraction of sp³-hybridized carbons (Fsp3) is 0.182. The zero-order valence-corrected chi connectivity index (χ0v) is 9.20. The van der Waals surface area contributed by atoms with Crippen molar-refractivity contribution >= 4 is 5.91 Å². The van der Waals surface area contributed by atoms with Gasteiger partial charge in [0.15, 0.2) is 0 Å². The lowest BCUT2D eigenvalue weighted by Crippen LogP contribution is -2.23. The summed E-state index contributed by atoms with van der Waals surface area (Å²) < 4.78 is 13.2. The molecule has 5 nitrogen and oxygen atoms in total. The van der Waals surface area contributed by atoms with E-state index in [1.54, 1.807) is 19.1 Å². The summed E-state index contributed by atoms with van der Waals surface area (Å²) in [5.74, 6) is -0.191. The van der Waals surface area contributed by atoms with Gasteiger partial charge in [-0.05, 0) is 24.6 Å². The first kappa shape index (κ1) is 11.3. The Morgan fingerprint density at radius 1 is 1.53 bits per heavy atom. The Morgan fingerprint density at radius 2 is 2.35 bits per heavy atom. The molecular formula is C11H11FN4O. The summed E-state index contributed by atoms with van der Waals surface area (Å²) in [7, 11) is 0. The number of aromatic amines is 1. The van der Waals surface area contributed by atoms with Crippen molar-refractivity contribution in [3.8, 4) is 0 Å². The van der Waals surface area contributed by atoms with Gasteiger partial charge in [-0.2, -0.15) is 5.10 Å². The Hall–Kier alpha value is -2.24. The van der Waals surface area contributed by atoms with Crippen LogP contribution in [0.25, 0.3) is 0 Å². The van der Waals surface area contributed by atoms with Gasteiger partial charge in [0.05, 0.1) is 6.54 Å². The topological polar surface area (TPSA) is 70.7 Å². The number of amides is 1. The molecule has 0 bridgehead atoms. The first-order valence-corrected chi connectivity index (χ1v) is 5.05. The van der Waals surface area contributed by atoms with Crippen LogP contribution in [-0.2, 0) is 6.54 Å². The number of nitrogens with one attached hydrogen (secondary N) is 2. The molecule has 2 rings (SSSR count). The fourth-order valence-corrected chi connectivity index (χ4v) is 1.32. The van der Waals surface area contributed by atoms with E-state index in [1.165, 1.54) is 12.4 Å². The number of benzene rings is 1. The number of hydrogen-bond donors (Lipinski definition) is 2. The van der Waals surface area contributed by atoms with Gasteiger partial charge in [0.25, 0.3) is 5.91 Å². The lowest BCUT2D eigenvalue weighted by molar-refractivity contribution is 0.0949. The third-order valence-electron chi connectivity index (χ3n) is 2.32. The van der Waals surface area contributed by atoms with Crippen LogP contribution in [0, 0.1) is 12.7 Å². The van der Waals surface area contributed by atoms with Crippen LogP contribution in [0.2, 0.25) is 0 Å². The average molecular weight is 234 g/mol. The number of aryl methyl sites for hydroxylation is 1. The highest BCUT2D eigenvalue weighted by Crippen LogP contribution is 2.09. The third kappa shape index (κ3) is 2.66. The minimum Gasteiger partial charge on any atom is -0.345 e. The SMILES string of the molecule is Cc1ccc(C(=O)NCc2ncn[nH]2)cc1F. The standard InChI is InChI=1S/C11H11FN4O/c1-7-2-3-8(4-9(7)12)11(17)13-5-10-14-6-15-16-10/h2-4,6H,5H2,1H3,(H,13,17)(H,14,15,16). The van der Waals surface area contributed by atoms with Crippen LogP contribution in [0.5, 0.6) is 0 Å². The average Bonchev–Trinajstić information content (AvgIpc) is 2.82. The molecule has 6 heteroatoms. The maximum absolute atomic E-state index is 13.2. The third-order valence-corrected chi connectivity index (χ3v) is 2.32. The largest absolute Gasteiger partial charge is 0.345 e. The normalized spacial score (nSPS) is 10.2. The lowest BCUT2D eigenvalue weighted by Gasteiger charge is -2.04. The number of nitrogens with zero attached hydrogens (tertiary/aromatic N) is 2. The quantitative estimate of drug-likeness (QED) is 0.837. The molecule has 1 aromatic carbocycles. The van der Waals surface area contributed by atoms with E-state index in [2.05, 4.69) is 20.5 Å². The molecule has 88 valence electrons. The van der Waals surface area contributed by atoms with E-state index < -0.39 is 5.82 Å². The number of carbonyl (C=O) groups excluding carboxylic acids is 1. The van der Waals surface area contributed by atoms with Gasteiger partial charge < -0.3 is 5.32 Å². The Morgan fingerprint density at radius 3 is 3.00 bits per heavy atom. The first-order valence-electron chi connectivity index (χ1n) is 5.05. The van der Waals surface area contributed by atoms with Crippen molar-refractivity contribution < 1.29 is 9.18 Å². The van der Waals surface area contributed by atoms with Crippen molar-refractivity contribution in [2.45, 2.75) is 13.5 Å². The summed E-state index contributed by atoms with van der Waals surface area (Å²) in [5, 5.41) is 8.87. The molecule has 2 N–H and O–H groups in total. The number of halogens is 1. The van der Waals surface area contributed by atoms with Gasteiger partial charge in [-0.25, -0.2) is 9.37 Å². The molecular weight excluding hydrogens is 223 g/mol. The Labute approximate surface area is 97.1 Å². The predicted molar refractivity (Wildman–Crippen MR) is 58.7 cm³/mol. The van der Waals surface area contributed by atoms with Gasteiger partial charge in [-0.1, -0.05) is 6.07 Å². The molecule has 0 fully saturated rings. The molecule has 0 unspecified atom stereocenters. The zero-order chi connectivity index (χ0) is 12.3. The Kier molecular flexibility index (Phi) is 3.13. The molecule has 1 heterocycles. The molecule has 1 amide bonds. The van der Waals surface area contributed by atoms with Crippen LogP contribution >= 0.6 is 0 Å². The van der Waals surface area contributed by atoms with Gasteiger partial charge in [0.1, 0.15) is 18.0 Å². The summed E-state index contributed by atoms with van der Waals surface area (Å²) >= 11 is 0. The van der Waals surface area contributed by atoms with E-state index in [-0.39, 0.29) is 18.0 Å². The summed E-state index contributed by atoms with van der Waals surface area (Å²) in [5.41, 5.74) is 0.796. The summed E-state index contributed by atoms with van der Waals surface area (Å²) in [6.07, 6.45) is 1.35. The molecule has 0 saturated heterocycles. The van der Waals surface area contributed by atoms with Gasteiger partial charge in [-0.3, -0.25) is 9.89 Å². The van der Waals surface area contributed by atoms with Crippen LogP contribution in [0.4, 0.5) is 4.39 Å². The van der Waals surface area contributed by atoms with Crippen LogP contribution < -0.4 is 5.32 Å². The Bertz CT molecular complexity index is 524. The number of carbonyl (C=O) groups is 1. The van der Waals surface area contributed by atoms with E-state index in [0.717, 1.165) is 0 Å². The number of H-pyrrole nitrogens is 1. The second kappa shape index (κ2) is 4.73. The monoisotopic (exact) mass is 234 g/mol. The van der Waals surface area contributed by atoms with Gasteiger partial charge in [0.2, 0.25) is 0 Å². The summed E-state index contributed by atoms with van der Waals surface area (Å²) in [6, 6.07) is 4.36. The van der Waals surface area contributed by atoms with Crippen molar-refractivity contribution in [3.63, 3.8) is 0 Å². The summed E-state index contributed by atoms with van der Waals surface area (Å²) in [4.78, 5) is 15.5. The Balaban J connectivity index is 2.02. The highest BCUT2D eigenvalue weighted by Gasteiger charge is 2.08. The van der Waals surface area contributed by atoms with Crippen molar-refractivity contribution in [2.24, 2.45) is 0 Å². The van der Waals surface area contributed by atoms with E-state index in [4.69, 9.17) is 0 Å². The number of rotatable bonds is 3. The van der Waals surface area contributed by atoms with Crippen molar-refractivity contribution in [2.75, 3.05) is 0 Å². The van der Waals surface area contributed by atoms with Crippen molar-refractivity contribution in [1.29, 1.82) is 0 Å². The molecule has 0 aliphatic carbocycles. The molecule has 0 atom stereocenters. The van der Waals surface area contributed by atoms with Gasteiger partial charge in [-0.15, -0.1) is 0 Å². The minimum absolute atomic E-state index is 0.230. The van der Waals surface area contributed by atoms with E-state index in [9.17, 15) is 9.18 Å². The van der Waals surface area contributed by atoms with Crippen molar-refractivity contribution in [1.82, 2.24) is 20.5 Å². The maximum atomic E-state index is 13.2. The lowest BCUT2D eigenvalue weighted by atomic mass is 10.1. The predicted octanol–water partition coefficient (Wildman–Crippen LogP) is 1.18. The zero-order valence-electron chi connectivity index (χ0n) is 9.20. The molecule has 2 aromatic rings. The molecule has 1 aromatic heterocycles. The highest BCUT2D eigenvalue weighted by molar-refractivity contribution is 5.94. The van der Waals surface area contributed by atoms with Crippen LogP contribution in [0.15, 0.2) is 24.5 Å². The molecule has 0 radical (unpaired) electrons. The first-order chi connectivity index (χ1) is 8.16. The number of aromatic nitrogens is 3. The molecule has 0 spiro atoms. The molecule has 0 aliphatic heterocycles. The smallest absolute Gasteiger partial charge is 0.251 e. The molecule has 0 aliphatic rings. The van der Waals surface area contributed by atoms with E-state index in [0.29, 0.717) is 11.4 Å². The minimum atomic E-state index is -0.391. The van der Waals surface area contributed by atoms with Crippen LogP contribution in [0.1, 0.15) is 21.7 Å². The highest BCUT2D eigenvalue weighted by atomic mass is 19.1. The van der Waals surface area contributed by atoms with Crippen LogP contribution in [0.3, 0.4) is 0 Å². The second-order valence-corrected chi connectivity index (χ2v) is 3.58. The van der Waals surface area contributed by atoms with E-state index >= 15 is 0 Å². The maximum Gasteiger partial charge on any atom is 0.251 e. The van der Waals surface area contributed by atoms with Crippen molar-refractivity contribution in [3.05, 3.63) is 47.3 Å². The van der Waals surface area contributed by atoms with E-state index in [1.807, 2.05) is 0 Å². The molecule has 0 saturated carbocycles. The summed E-state index contributed by atoms with van der Waals surface area (Å²) in [6.45, 7) is 1.87.